The molecule has 0 N–H and O–H groups in total. The van der Waals surface area contributed by atoms with Crippen LogP contribution < -0.4 is 0 Å². The molecule has 0 amide bonds. The van der Waals surface area contributed by atoms with E-state index in [2.05, 4.69) is 19.6 Å². The van der Waals surface area contributed by atoms with Gasteiger partial charge in [-0.15, -0.1) is 0 Å². The van der Waals surface area contributed by atoms with E-state index in [0.29, 0.717) is 12.1 Å². The maximum absolute atomic E-state index is 11.3. The van der Waals surface area contributed by atoms with Gasteiger partial charge in [-0.1, -0.05) is 6.07 Å². The first-order valence-corrected chi connectivity index (χ1v) is 6.29. The Morgan fingerprint density at radius 2 is 2.10 bits per heavy atom. The van der Waals surface area contributed by atoms with Crippen LogP contribution in [0, 0.1) is 0 Å². The van der Waals surface area contributed by atoms with E-state index in [1.807, 2.05) is 31.4 Å². The van der Waals surface area contributed by atoms with Gasteiger partial charge in [0.1, 0.15) is 0 Å². The lowest BCUT2D eigenvalue weighted by molar-refractivity contribution is 0.0600. The van der Waals surface area contributed by atoms with E-state index in [9.17, 15) is 4.79 Å². The molecular weight excluding hydrogens is 254 g/mol. The summed E-state index contributed by atoms with van der Waals surface area (Å²) in [4.78, 5) is 21.8. The van der Waals surface area contributed by atoms with Gasteiger partial charge in [-0.25, -0.2) is 4.79 Å². The van der Waals surface area contributed by atoms with Gasteiger partial charge in [0.25, 0.3) is 0 Å². The Morgan fingerprint density at radius 1 is 1.25 bits per heavy atom. The molecule has 2 rings (SSSR count). The van der Waals surface area contributed by atoms with Crippen LogP contribution in [0.1, 0.15) is 21.6 Å². The fraction of sp³-hybridized carbons (Fsp3) is 0.267. The number of ether oxygens (including phenoxy) is 1. The van der Waals surface area contributed by atoms with Gasteiger partial charge < -0.3 is 4.74 Å². The fourth-order valence-electron chi connectivity index (χ4n) is 1.89. The van der Waals surface area contributed by atoms with Gasteiger partial charge in [-0.2, -0.15) is 0 Å². The molecule has 0 saturated heterocycles. The summed E-state index contributed by atoms with van der Waals surface area (Å²) in [6.45, 7) is 1.50. The molecule has 5 heteroatoms. The number of carbonyl (C=O) groups excluding carboxylic acids is 1. The third-order valence-electron chi connectivity index (χ3n) is 2.85. The molecule has 20 heavy (non-hydrogen) atoms. The van der Waals surface area contributed by atoms with Gasteiger partial charge >= 0.3 is 5.97 Å². The number of esters is 1. The highest BCUT2D eigenvalue weighted by atomic mass is 16.5. The Bertz CT molecular complexity index is 555. The first-order valence-electron chi connectivity index (χ1n) is 6.29. The molecule has 0 aliphatic carbocycles. The number of aromatic nitrogens is 2. The topological polar surface area (TPSA) is 55.3 Å². The molecule has 0 spiro atoms. The van der Waals surface area contributed by atoms with E-state index in [-0.39, 0.29) is 5.97 Å². The minimum absolute atomic E-state index is 0.368. The van der Waals surface area contributed by atoms with Crippen LogP contribution in [0.2, 0.25) is 0 Å². The summed E-state index contributed by atoms with van der Waals surface area (Å²) in [6, 6.07) is 7.53. The third kappa shape index (κ3) is 3.86. The Balaban J connectivity index is 1.94. The lowest BCUT2D eigenvalue weighted by atomic mass is 10.2. The summed E-state index contributed by atoms with van der Waals surface area (Å²) in [5.41, 5.74) is 2.52. The van der Waals surface area contributed by atoms with Crippen LogP contribution in [-0.2, 0) is 17.8 Å². The quantitative estimate of drug-likeness (QED) is 0.777. The van der Waals surface area contributed by atoms with E-state index in [1.165, 1.54) is 7.11 Å². The van der Waals surface area contributed by atoms with Crippen molar-refractivity contribution in [3.8, 4) is 0 Å². The molecule has 2 aromatic rings. The summed E-state index contributed by atoms with van der Waals surface area (Å²) in [7, 11) is 3.38. The molecule has 0 bridgehead atoms. The molecule has 0 unspecified atom stereocenters. The van der Waals surface area contributed by atoms with Crippen molar-refractivity contribution in [2.24, 2.45) is 0 Å². The van der Waals surface area contributed by atoms with Gasteiger partial charge in [0.05, 0.1) is 18.4 Å². The summed E-state index contributed by atoms with van der Waals surface area (Å²) in [5, 5.41) is 0. The second-order valence-corrected chi connectivity index (χ2v) is 4.56. The molecule has 104 valence electrons. The van der Waals surface area contributed by atoms with E-state index >= 15 is 0 Å². The van der Waals surface area contributed by atoms with Crippen molar-refractivity contribution in [3.63, 3.8) is 0 Å². The second-order valence-electron chi connectivity index (χ2n) is 4.56. The van der Waals surface area contributed by atoms with E-state index in [1.54, 1.807) is 18.5 Å². The summed E-state index contributed by atoms with van der Waals surface area (Å²) >= 11 is 0. The lowest BCUT2D eigenvalue weighted by Crippen LogP contribution is -2.18. The first kappa shape index (κ1) is 14.1. The maximum atomic E-state index is 11.3. The zero-order valence-corrected chi connectivity index (χ0v) is 11.6. The van der Waals surface area contributed by atoms with Crippen molar-refractivity contribution in [2.45, 2.75) is 13.1 Å². The van der Waals surface area contributed by atoms with Crippen molar-refractivity contribution >= 4 is 5.97 Å². The highest BCUT2D eigenvalue weighted by Gasteiger charge is 2.07. The third-order valence-corrected chi connectivity index (χ3v) is 2.85. The molecule has 0 radical (unpaired) electrons. The van der Waals surface area contributed by atoms with Crippen LogP contribution in [0.25, 0.3) is 0 Å². The van der Waals surface area contributed by atoms with Gasteiger partial charge in [-0.3, -0.25) is 14.9 Å². The van der Waals surface area contributed by atoms with E-state index in [0.717, 1.165) is 17.8 Å². The normalized spacial score (nSPS) is 10.6. The van der Waals surface area contributed by atoms with Crippen LogP contribution in [-0.4, -0.2) is 35.0 Å². The van der Waals surface area contributed by atoms with Crippen LogP contribution in [0.3, 0.4) is 0 Å². The molecule has 2 heterocycles. The van der Waals surface area contributed by atoms with Crippen molar-refractivity contribution in [1.82, 2.24) is 14.9 Å². The smallest absolute Gasteiger partial charge is 0.339 e. The van der Waals surface area contributed by atoms with Crippen molar-refractivity contribution < 1.29 is 9.53 Å². The molecule has 0 aliphatic rings. The molecule has 0 aliphatic heterocycles. The zero-order valence-electron chi connectivity index (χ0n) is 11.6. The molecule has 0 atom stereocenters. The lowest BCUT2D eigenvalue weighted by Gasteiger charge is -2.16. The SMILES string of the molecule is COC(=O)c1ccc(CN(C)Cc2cccnc2)nc1. The Labute approximate surface area is 118 Å². The summed E-state index contributed by atoms with van der Waals surface area (Å²) in [5.74, 6) is -0.368. The minimum atomic E-state index is -0.368. The van der Waals surface area contributed by atoms with Crippen molar-refractivity contribution in [3.05, 3.63) is 59.7 Å². The monoisotopic (exact) mass is 271 g/mol. The maximum Gasteiger partial charge on any atom is 0.339 e. The van der Waals surface area contributed by atoms with Crippen LogP contribution in [0.5, 0.6) is 0 Å². The van der Waals surface area contributed by atoms with Crippen molar-refractivity contribution in [2.75, 3.05) is 14.2 Å². The van der Waals surface area contributed by atoms with Crippen LogP contribution in [0.4, 0.5) is 0 Å². The number of nitrogens with zero attached hydrogens (tertiary/aromatic N) is 3. The van der Waals surface area contributed by atoms with Crippen molar-refractivity contribution in [1.29, 1.82) is 0 Å². The van der Waals surface area contributed by atoms with E-state index in [4.69, 9.17) is 0 Å². The Kier molecular flexibility index (Phi) is 4.79. The Hall–Kier alpha value is -2.27. The van der Waals surface area contributed by atoms with Gasteiger partial charge in [0.15, 0.2) is 0 Å². The summed E-state index contributed by atoms with van der Waals surface area (Å²) in [6.07, 6.45) is 5.15. The fourth-order valence-corrected chi connectivity index (χ4v) is 1.89. The highest BCUT2D eigenvalue weighted by molar-refractivity contribution is 5.88. The van der Waals surface area contributed by atoms with E-state index < -0.39 is 0 Å². The van der Waals surface area contributed by atoms with Crippen LogP contribution in [0.15, 0.2) is 42.9 Å². The minimum Gasteiger partial charge on any atom is -0.465 e. The zero-order chi connectivity index (χ0) is 14.4. The number of hydrogen-bond donors (Lipinski definition) is 0. The first-order chi connectivity index (χ1) is 9.69. The molecule has 2 aromatic heterocycles. The molecule has 0 saturated carbocycles. The standard InChI is InChI=1S/C15H17N3O2/c1-18(10-12-4-3-7-16-8-12)11-14-6-5-13(9-17-14)15(19)20-2/h3-9H,10-11H2,1-2H3. The molecule has 0 fully saturated rings. The highest BCUT2D eigenvalue weighted by Crippen LogP contribution is 2.07. The predicted octanol–water partition coefficient (Wildman–Crippen LogP) is 1.90. The van der Waals surface area contributed by atoms with Gasteiger partial charge in [0, 0.05) is 31.7 Å². The second kappa shape index (κ2) is 6.77. The largest absolute Gasteiger partial charge is 0.465 e. The van der Waals surface area contributed by atoms with Crippen LogP contribution >= 0.6 is 0 Å². The number of methoxy groups -OCH3 is 1. The summed E-state index contributed by atoms with van der Waals surface area (Å²) < 4.78 is 4.64. The predicted molar refractivity (Wildman–Crippen MR) is 75.0 cm³/mol. The number of rotatable bonds is 5. The molecule has 5 nitrogen and oxygen atoms in total. The average molecular weight is 271 g/mol. The average Bonchev–Trinajstić information content (AvgIpc) is 2.48. The Morgan fingerprint density at radius 3 is 2.70 bits per heavy atom. The number of carbonyl (C=O) groups is 1. The van der Waals surface area contributed by atoms with Gasteiger partial charge in [-0.05, 0) is 30.8 Å². The number of pyridine rings is 2. The molecule has 0 aromatic carbocycles. The van der Waals surface area contributed by atoms with Gasteiger partial charge in [0.2, 0.25) is 0 Å². The number of hydrogen-bond acceptors (Lipinski definition) is 5. The molecular formula is C15H17N3O2.